The second-order valence-corrected chi connectivity index (χ2v) is 6.71. The molecule has 0 aromatic heterocycles. The zero-order valence-electron chi connectivity index (χ0n) is 11.8. The number of hydrogen-bond donors (Lipinski definition) is 1. The van der Waals surface area contributed by atoms with Gasteiger partial charge in [-0.25, -0.2) is 0 Å². The molecule has 0 bridgehead atoms. The first-order chi connectivity index (χ1) is 9.06. The Bertz CT molecular complexity index is 419. The highest BCUT2D eigenvalue weighted by Gasteiger charge is 2.19. The number of hydrogen-bond acceptors (Lipinski definition) is 1. The minimum atomic E-state index is 0.254. The molecule has 0 amide bonds. The summed E-state index contributed by atoms with van der Waals surface area (Å²) < 4.78 is 0. The van der Waals surface area contributed by atoms with Crippen LogP contribution >= 0.6 is 23.2 Å². The van der Waals surface area contributed by atoms with Gasteiger partial charge in [0.1, 0.15) is 0 Å². The van der Waals surface area contributed by atoms with Crippen LogP contribution in [0.25, 0.3) is 0 Å². The van der Waals surface area contributed by atoms with Gasteiger partial charge in [-0.2, -0.15) is 0 Å². The molecular formula is C16H23Cl2N. The average molecular weight is 300 g/mol. The Morgan fingerprint density at radius 1 is 1.16 bits per heavy atom. The normalized spacial score (nSPS) is 25.9. The fourth-order valence-corrected chi connectivity index (χ4v) is 3.41. The van der Waals surface area contributed by atoms with Gasteiger partial charge < -0.3 is 5.32 Å². The van der Waals surface area contributed by atoms with E-state index >= 15 is 0 Å². The van der Waals surface area contributed by atoms with Crippen molar-refractivity contribution in [1.82, 2.24) is 5.32 Å². The molecule has 1 aromatic rings. The Labute approximate surface area is 126 Å². The van der Waals surface area contributed by atoms with E-state index in [1.54, 1.807) is 0 Å². The van der Waals surface area contributed by atoms with E-state index in [2.05, 4.69) is 19.2 Å². The Balaban J connectivity index is 2.00. The molecule has 3 unspecified atom stereocenters. The minimum Gasteiger partial charge on any atom is -0.307 e. The van der Waals surface area contributed by atoms with Crippen LogP contribution in [0.15, 0.2) is 18.2 Å². The van der Waals surface area contributed by atoms with E-state index in [0.717, 1.165) is 21.5 Å². The topological polar surface area (TPSA) is 12.0 Å². The third kappa shape index (κ3) is 4.37. The lowest BCUT2D eigenvalue weighted by molar-refractivity contribution is 0.408. The summed E-state index contributed by atoms with van der Waals surface area (Å²) in [5, 5.41) is 5.27. The first kappa shape index (κ1) is 15.2. The SMILES string of the molecule is CC1CCCC(NC(C)c2cc(Cl)ccc2Cl)CC1. The predicted molar refractivity (Wildman–Crippen MR) is 84.0 cm³/mol. The molecule has 1 nitrogen and oxygen atoms in total. The minimum absolute atomic E-state index is 0.254. The molecule has 0 radical (unpaired) electrons. The third-order valence-electron chi connectivity index (χ3n) is 4.17. The van der Waals surface area contributed by atoms with Crippen molar-refractivity contribution in [3.8, 4) is 0 Å². The zero-order valence-corrected chi connectivity index (χ0v) is 13.3. The van der Waals surface area contributed by atoms with Gasteiger partial charge in [0.15, 0.2) is 0 Å². The Morgan fingerprint density at radius 3 is 2.74 bits per heavy atom. The van der Waals surface area contributed by atoms with E-state index in [9.17, 15) is 0 Å². The molecule has 3 heteroatoms. The van der Waals surface area contributed by atoms with Crippen LogP contribution in [0.4, 0.5) is 0 Å². The maximum absolute atomic E-state index is 6.27. The van der Waals surface area contributed by atoms with Gasteiger partial charge >= 0.3 is 0 Å². The van der Waals surface area contributed by atoms with Crippen LogP contribution in [0.1, 0.15) is 57.6 Å². The van der Waals surface area contributed by atoms with Gasteiger partial charge in [0.2, 0.25) is 0 Å². The second-order valence-electron chi connectivity index (χ2n) is 5.86. The van der Waals surface area contributed by atoms with E-state index < -0.39 is 0 Å². The first-order valence-corrected chi connectivity index (χ1v) is 8.03. The second kappa shape index (κ2) is 6.97. The van der Waals surface area contributed by atoms with Gasteiger partial charge in [0.25, 0.3) is 0 Å². The lowest BCUT2D eigenvalue weighted by Crippen LogP contribution is -2.31. The number of nitrogens with one attached hydrogen (secondary N) is 1. The van der Waals surface area contributed by atoms with Gasteiger partial charge in [-0.15, -0.1) is 0 Å². The van der Waals surface area contributed by atoms with Crippen molar-refractivity contribution < 1.29 is 0 Å². The highest BCUT2D eigenvalue weighted by Crippen LogP contribution is 2.29. The summed E-state index contributed by atoms with van der Waals surface area (Å²) in [5.74, 6) is 0.872. The molecule has 0 heterocycles. The summed E-state index contributed by atoms with van der Waals surface area (Å²) in [6.07, 6.45) is 6.56. The van der Waals surface area contributed by atoms with Crippen LogP contribution in [-0.2, 0) is 0 Å². The molecule has 0 aliphatic heterocycles. The molecule has 0 saturated heterocycles. The van der Waals surface area contributed by atoms with E-state index in [0.29, 0.717) is 6.04 Å². The molecule has 19 heavy (non-hydrogen) atoms. The van der Waals surface area contributed by atoms with Crippen LogP contribution in [-0.4, -0.2) is 6.04 Å². The van der Waals surface area contributed by atoms with Crippen molar-refractivity contribution in [3.63, 3.8) is 0 Å². The molecule has 1 aliphatic rings. The molecule has 1 N–H and O–H groups in total. The van der Waals surface area contributed by atoms with Gasteiger partial charge in [0, 0.05) is 22.1 Å². The molecule has 1 saturated carbocycles. The molecule has 1 aliphatic carbocycles. The van der Waals surface area contributed by atoms with Crippen LogP contribution < -0.4 is 5.32 Å². The lowest BCUT2D eigenvalue weighted by Gasteiger charge is -2.23. The van der Waals surface area contributed by atoms with Crippen molar-refractivity contribution in [2.24, 2.45) is 5.92 Å². The quantitative estimate of drug-likeness (QED) is 0.715. The summed E-state index contributed by atoms with van der Waals surface area (Å²) >= 11 is 12.3. The molecule has 1 aromatic carbocycles. The fourth-order valence-electron chi connectivity index (χ4n) is 2.94. The standard InChI is InChI=1S/C16H23Cl2N/c1-11-4-3-5-14(8-6-11)19-12(2)15-10-13(17)7-9-16(15)18/h7,9-12,14,19H,3-6,8H2,1-2H3. The Kier molecular flexibility index (Phi) is 5.56. The Hall–Kier alpha value is -0.240. The van der Waals surface area contributed by atoms with Gasteiger partial charge in [0.05, 0.1) is 0 Å². The highest BCUT2D eigenvalue weighted by molar-refractivity contribution is 6.33. The maximum Gasteiger partial charge on any atom is 0.0454 e. The molecule has 3 atom stereocenters. The van der Waals surface area contributed by atoms with E-state index in [1.807, 2.05) is 18.2 Å². The fraction of sp³-hybridized carbons (Fsp3) is 0.625. The van der Waals surface area contributed by atoms with Gasteiger partial charge in [-0.3, -0.25) is 0 Å². The van der Waals surface area contributed by atoms with Gasteiger partial charge in [-0.1, -0.05) is 43.0 Å². The van der Waals surface area contributed by atoms with Crippen molar-refractivity contribution >= 4 is 23.2 Å². The molecule has 2 rings (SSSR count). The van der Waals surface area contributed by atoms with Crippen molar-refractivity contribution in [3.05, 3.63) is 33.8 Å². The maximum atomic E-state index is 6.27. The summed E-state index contributed by atoms with van der Waals surface area (Å²) in [6, 6.07) is 6.56. The summed E-state index contributed by atoms with van der Waals surface area (Å²) in [5.41, 5.74) is 1.10. The van der Waals surface area contributed by atoms with Crippen molar-refractivity contribution in [1.29, 1.82) is 0 Å². The van der Waals surface area contributed by atoms with E-state index in [4.69, 9.17) is 23.2 Å². The predicted octanol–water partition coefficient (Wildman–Crippen LogP) is 5.61. The molecule has 106 valence electrons. The number of halogens is 2. The summed E-state index contributed by atoms with van der Waals surface area (Å²) in [7, 11) is 0. The van der Waals surface area contributed by atoms with Crippen LogP contribution in [0.3, 0.4) is 0 Å². The molecular weight excluding hydrogens is 277 g/mol. The molecule has 1 fully saturated rings. The highest BCUT2D eigenvalue weighted by atomic mass is 35.5. The average Bonchev–Trinajstić information content (AvgIpc) is 2.57. The van der Waals surface area contributed by atoms with E-state index in [1.165, 1.54) is 32.1 Å². The number of benzene rings is 1. The molecule has 0 spiro atoms. The van der Waals surface area contributed by atoms with Crippen LogP contribution in [0.5, 0.6) is 0 Å². The van der Waals surface area contributed by atoms with Crippen molar-refractivity contribution in [2.75, 3.05) is 0 Å². The van der Waals surface area contributed by atoms with Gasteiger partial charge in [-0.05, 0) is 55.9 Å². The zero-order chi connectivity index (χ0) is 13.8. The summed E-state index contributed by atoms with van der Waals surface area (Å²) in [6.45, 7) is 4.53. The largest absolute Gasteiger partial charge is 0.307 e. The monoisotopic (exact) mass is 299 g/mol. The smallest absolute Gasteiger partial charge is 0.0454 e. The Morgan fingerprint density at radius 2 is 1.95 bits per heavy atom. The lowest BCUT2D eigenvalue weighted by atomic mass is 10.0. The van der Waals surface area contributed by atoms with E-state index in [-0.39, 0.29) is 6.04 Å². The van der Waals surface area contributed by atoms with Crippen LogP contribution in [0.2, 0.25) is 10.0 Å². The number of rotatable bonds is 3. The summed E-state index contributed by atoms with van der Waals surface area (Å²) in [4.78, 5) is 0. The van der Waals surface area contributed by atoms with Crippen LogP contribution in [0, 0.1) is 5.92 Å². The first-order valence-electron chi connectivity index (χ1n) is 7.27. The third-order valence-corrected chi connectivity index (χ3v) is 4.75. The van der Waals surface area contributed by atoms with Crippen molar-refractivity contribution in [2.45, 2.75) is 58.0 Å².